The van der Waals surface area contributed by atoms with Crippen molar-refractivity contribution in [2.45, 2.75) is 26.4 Å². The molecule has 0 radical (unpaired) electrons. The predicted molar refractivity (Wildman–Crippen MR) is 78.4 cm³/mol. The number of aryl methyl sites for hydroxylation is 1. The Hall–Kier alpha value is -1.19. The highest BCUT2D eigenvalue weighted by molar-refractivity contribution is 9.10. The van der Waals surface area contributed by atoms with Crippen molar-refractivity contribution in [3.8, 4) is 0 Å². The Balaban J connectivity index is 1.97. The van der Waals surface area contributed by atoms with Crippen LogP contribution in [0.15, 0.2) is 47.1 Å². The average molecular weight is 305 g/mol. The van der Waals surface area contributed by atoms with Crippen LogP contribution in [0, 0.1) is 6.92 Å². The average Bonchev–Trinajstić information content (AvgIpc) is 2.41. The third-order valence-electron chi connectivity index (χ3n) is 2.97. The van der Waals surface area contributed by atoms with Crippen LogP contribution in [-0.4, -0.2) is 4.98 Å². The zero-order chi connectivity index (χ0) is 13.0. The number of aromatic nitrogens is 1. The van der Waals surface area contributed by atoms with Crippen LogP contribution in [0.5, 0.6) is 0 Å². The lowest BCUT2D eigenvalue weighted by molar-refractivity contribution is 0.561. The van der Waals surface area contributed by atoms with Gasteiger partial charge in [0.1, 0.15) is 0 Å². The minimum Gasteiger partial charge on any atom is -0.305 e. The number of hydrogen-bond acceptors (Lipinski definition) is 2. The second-order valence-corrected chi connectivity index (χ2v) is 5.30. The van der Waals surface area contributed by atoms with Gasteiger partial charge in [0, 0.05) is 23.3 Å². The maximum atomic E-state index is 4.35. The second-order valence-electron chi connectivity index (χ2n) is 4.44. The first-order valence-corrected chi connectivity index (χ1v) is 6.85. The summed E-state index contributed by atoms with van der Waals surface area (Å²) in [5, 5.41) is 3.48. The fourth-order valence-electron chi connectivity index (χ4n) is 1.82. The first-order chi connectivity index (χ1) is 8.66. The molecule has 1 aromatic carbocycles. The fourth-order valence-corrected chi connectivity index (χ4v) is 2.07. The van der Waals surface area contributed by atoms with E-state index >= 15 is 0 Å². The van der Waals surface area contributed by atoms with E-state index in [0.717, 1.165) is 16.7 Å². The van der Waals surface area contributed by atoms with Gasteiger partial charge in [0.25, 0.3) is 0 Å². The summed E-state index contributed by atoms with van der Waals surface area (Å²) in [6.45, 7) is 5.09. The number of rotatable bonds is 4. The molecule has 3 heteroatoms. The largest absolute Gasteiger partial charge is 0.305 e. The van der Waals surface area contributed by atoms with Crippen LogP contribution < -0.4 is 5.32 Å². The van der Waals surface area contributed by atoms with Gasteiger partial charge in [-0.15, -0.1) is 0 Å². The van der Waals surface area contributed by atoms with Crippen LogP contribution in [0.25, 0.3) is 0 Å². The van der Waals surface area contributed by atoms with Gasteiger partial charge in [-0.05, 0) is 43.2 Å². The highest BCUT2D eigenvalue weighted by Gasteiger charge is 2.05. The van der Waals surface area contributed by atoms with Crippen molar-refractivity contribution in [2.75, 3.05) is 0 Å². The van der Waals surface area contributed by atoms with Gasteiger partial charge in [-0.3, -0.25) is 4.98 Å². The maximum Gasteiger partial charge on any atom is 0.0570 e. The standard InChI is InChI=1S/C15H17BrN2/c1-11-9-13(6-7-14(11)16)10-18-12(2)15-5-3-4-8-17-15/h3-9,12,18H,10H2,1-2H3/t12-/m1/s1. The summed E-state index contributed by atoms with van der Waals surface area (Å²) in [6, 6.07) is 12.7. The number of pyridine rings is 1. The summed E-state index contributed by atoms with van der Waals surface area (Å²) < 4.78 is 1.16. The molecule has 2 rings (SSSR count). The molecular formula is C15H17BrN2. The Morgan fingerprint density at radius 2 is 2.11 bits per heavy atom. The summed E-state index contributed by atoms with van der Waals surface area (Å²) in [7, 11) is 0. The van der Waals surface area contributed by atoms with Crippen LogP contribution in [0.3, 0.4) is 0 Å². The van der Waals surface area contributed by atoms with Gasteiger partial charge in [-0.2, -0.15) is 0 Å². The van der Waals surface area contributed by atoms with E-state index < -0.39 is 0 Å². The quantitative estimate of drug-likeness (QED) is 0.923. The Morgan fingerprint density at radius 3 is 2.78 bits per heavy atom. The van der Waals surface area contributed by atoms with E-state index in [1.807, 2.05) is 24.4 Å². The molecule has 0 bridgehead atoms. The molecule has 1 atom stereocenters. The summed E-state index contributed by atoms with van der Waals surface area (Å²) >= 11 is 3.52. The Bertz CT molecular complexity index is 511. The molecule has 1 heterocycles. The molecule has 0 amide bonds. The van der Waals surface area contributed by atoms with E-state index in [1.54, 1.807) is 0 Å². The zero-order valence-corrected chi connectivity index (χ0v) is 12.2. The van der Waals surface area contributed by atoms with Crippen LogP contribution in [0.4, 0.5) is 0 Å². The number of halogens is 1. The first kappa shape index (κ1) is 13.2. The topological polar surface area (TPSA) is 24.9 Å². The molecule has 0 aliphatic heterocycles. The van der Waals surface area contributed by atoms with Gasteiger partial charge in [-0.25, -0.2) is 0 Å². The number of hydrogen-bond donors (Lipinski definition) is 1. The molecule has 0 spiro atoms. The smallest absolute Gasteiger partial charge is 0.0570 e. The maximum absolute atomic E-state index is 4.35. The van der Waals surface area contributed by atoms with Crippen LogP contribution >= 0.6 is 15.9 Å². The van der Waals surface area contributed by atoms with Crippen LogP contribution in [0.1, 0.15) is 29.8 Å². The molecule has 2 nitrogen and oxygen atoms in total. The Labute approximate surface area is 117 Å². The molecule has 0 aliphatic carbocycles. The predicted octanol–water partition coefficient (Wildman–Crippen LogP) is 4.00. The van der Waals surface area contributed by atoms with Crippen molar-refractivity contribution in [1.82, 2.24) is 10.3 Å². The Morgan fingerprint density at radius 1 is 1.28 bits per heavy atom. The molecule has 18 heavy (non-hydrogen) atoms. The highest BCUT2D eigenvalue weighted by Crippen LogP contribution is 2.17. The molecule has 0 saturated carbocycles. The van der Waals surface area contributed by atoms with Gasteiger partial charge in [0.05, 0.1) is 5.69 Å². The van der Waals surface area contributed by atoms with Crippen molar-refractivity contribution in [3.05, 3.63) is 63.9 Å². The normalized spacial score (nSPS) is 12.4. The second kappa shape index (κ2) is 6.12. The van der Waals surface area contributed by atoms with Crippen LogP contribution in [0.2, 0.25) is 0 Å². The van der Waals surface area contributed by atoms with Gasteiger partial charge < -0.3 is 5.32 Å². The summed E-state index contributed by atoms with van der Waals surface area (Å²) in [5.41, 5.74) is 3.63. The van der Waals surface area contributed by atoms with E-state index in [2.05, 4.69) is 58.3 Å². The third kappa shape index (κ3) is 3.40. The van der Waals surface area contributed by atoms with Crippen molar-refractivity contribution in [3.63, 3.8) is 0 Å². The fraction of sp³-hybridized carbons (Fsp3) is 0.267. The van der Waals surface area contributed by atoms with Crippen molar-refractivity contribution >= 4 is 15.9 Å². The minimum atomic E-state index is 0.259. The van der Waals surface area contributed by atoms with Crippen molar-refractivity contribution in [2.24, 2.45) is 0 Å². The monoisotopic (exact) mass is 304 g/mol. The number of nitrogens with one attached hydrogen (secondary N) is 1. The van der Waals surface area contributed by atoms with E-state index in [1.165, 1.54) is 11.1 Å². The molecular weight excluding hydrogens is 288 g/mol. The molecule has 0 fully saturated rings. The van der Waals surface area contributed by atoms with Crippen molar-refractivity contribution in [1.29, 1.82) is 0 Å². The van der Waals surface area contributed by atoms with Gasteiger partial charge >= 0.3 is 0 Å². The summed E-state index contributed by atoms with van der Waals surface area (Å²) in [4.78, 5) is 4.35. The van der Waals surface area contributed by atoms with Crippen molar-refractivity contribution < 1.29 is 0 Å². The molecule has 94 valence electrons. The van der Waals surface area contributed by atoms with E-state index in [0.29, 0.717) is 0 Å². The SMILES string of the molecule is Cc1cc(CN[C@H](C)c2ccccn2)ccc1Br. The first-order valence-electron chi connectivity index (χ1n) is 6.06. The van der Waals surface area contributed by atoms with Crippen LogP contribution in [-0.2, 0) is 6.54 Å². The van der Waals surface area contributed by atoms with Gasteiger partial charge in [0.2, 0.25) is 0 Å². The molecule has 0 unspecified atom stereocenters. The highest BCUT2D eigenvalue weighted by atomic mass is 79.9. The van der Waals surface area contributed by atoms with E-state index in [4.69, 9.17) is 0 Å². The zero-order valence-electron chi connectivity index (χ0n) is 10.7. The molecule has 1 N–H and O–H groups in total. The minimum absolute atomic E-state index is 0.259. The molecule has 0 aliphatic rings. The molecule has 0 saturated heterocycles. The number of nitrogens with zero attached hydrogens (tertiary/aromatic N) is 1. The number of benzene rings is 1. The third-order valence-corrected chi connectivity index (χ3v) is 3.86. The summed E-state index contributed by atoms with van der Waals surface area (Å²) in [6.07, 6.45) is 1.83. The van der Waals surface area contributed by atoms with Gasteiger partial charge in [-0.1, -0.05) is 34.1 Å². The van der Waals surface area contributed by atoms with Gasteiger partial charge in [0.15, 0.2) is 0 Å². The summed E-state index contributed by atoms with van der Waals surface area (Å²) in [5.74, 6) is 0. The van der Waals surface area contributed by atoms with E-state index in [-0.39, 0.29) is 6.04 Å². The molecule has 1 aromatic heterocycles. The lowest BCUT2D eigenvalue weighted by atomic mass is 10.1. The lowest BCUT2D eigenvalue weighted by Gasteiger charge is -2.13. The Kier molecular flexibility index (Phi) is 4.50. The molecule has 2 aromatic rings. The lowest BCUT2D eigenvalue weighted by Crippen LogP contribution is -2.19. The van der Waals surface area contributed by atoms with E-state index in [9.17, 15) is 0 Å².